The smallest absolute Gasteiger partial charge is 0.300 e. The topological polar surface area (TPSA) is 62.5 Å². The van der Waals surface area contributed by atoms with Gasteiger partial charge in [-0.3, -0.25) is 19.2 Å². The fourth-order valence-electron chi connectivity index (χ4n) is 3.82. The summed E-state index contributed by atoms with van der Waals surface area (Å²) in [6, 6.07) is 6.62. The third kappa shape index (κ3) is 3.06. The summed E-state index contributed by atoms with van der Waals surface area (Å²) in [5.74, 6) is 0.948. The van der Waals surface area contributed by atoms with Gasteiger partial charge in [-0.05, 0) is 13.1 Å². The Morgan fingerprint density at radius 2 is 1.79 bits per heavy atom. The van der Waals surface area contributed by atoms with E-state index in [-0.39, 0.29) is 11.9 Å². The molecule has 0 radical (unpaired) electrons. The Labute approximate surface area is 169 Å². The Bertz CT molecular complexity index is 888. The molecule has 28 heavy (non-hydrogen) atoms. The number of likely N-dealkylation sites (N-methyl/N-ethyl adjacent to an activating group) is 3. The lowest BCUT2D eigenvalue weighted by Gasteiger charge is -2.33. The Morgan fingerprint density at radius 3 is 2.46 bits per heavy atom. The minimum absolute atomic E-state index is 0.266. The van der Waals surface area contributed by atoms with E-state index < -0.39 is 6.04 Å². The molecule has 1 aromatic carbocycles. The second kappa shape index (κ2) is 7.18. The molecule has 2 fully saturated rings. The number of carbonyl (C=O) groups is 2. The third-order valence-corrected chi connectivity index (χ3v) is 5.96. The van der Waals surface area contributed by atoms with Crippen molar-refractivity contribution >= 4 is 35.3 Å². The summed E-state index contributed by atoms with van der Waals surface area (Å²) in [5, 5.41) is 0.648. The van der Waals surface area contributed by atoms with E-state index in [0.717, 1.165) is 42.6 Å². The molecule has 0 N–H and O–H groups in total. The summed E-state index contributed by atoms with van der Waals surface area (Å²) >= 11 is 6.39. The second-order valence-corrected chi connectivity index (χ2v) is 7.83. The molecular formula is C19H24ClN6O2+. The minimum atomic E-state index is -0.626. The highest BCUT2D eigenvalue weighted by atomic mass is 35.5. The minimum Gasteiger partial charge on any atom is -0.300 e. The van der Waals surface area contributed by atoms with Gasteiger partial charge in [0.1, 0.15) is 0 Å². The van der Waals surface area contributed by atoms with Gasteiger partial charge in [-0.25, -0.2) is 9.69 Å². The summed E-state index contributed by atoms with van der Waals surface area (Å²) in [6.45, 7) is 3.91. The number of urea groups is 1. The maximum Gasteiger partial charge on any atom is 0.392 e. The lowest BCUT2D eigenvalue weighted by molar-refractivity contribution is -0.544. The van der Waals surface area contributed by atoms with E-state index in [9.17, 15) is 9.59 Å². The maximum atomic E-state index is 13.0. The molecule has 0 saturated carbocycles. The van der Waals surface area contributed by atoms with Crippen LogP contribution in [0.15, 0.2) is 29.3 Å². The lowest BCUT2D eigenvalue weighted by atomic mass is 10.1. The van der Waals surface area contributed by atoms with Gasteiger partial charge >= 0.3 is 12.0 Å². The molecule has 1 atom stereocenters. The van der Waals surface area contributed by atoms with Crippen molar-refractivity contribution in [3.8, 4) is 0 Å². The zero-order valence-corrected chi connectivity index (χ0v) is 17.1. The highest BCUT2D eigenvalue weighted by Gasteiger charge is 2.55. The summed E-state index contributed by atoms with van der Waals surface area (Å²) in [5.41, 5.74) is 0.919. The Morgan fingerprint density at radius 1 is 1.11 bits per heavy atom. The Balaban J connectivity index is 1.78. The van der Waals surface area contributed by atoms with Crippen LogP contribution < -0.4 is 0 Å². The quantitative estimate of drug-likeness (QED) is 0.684. The number of imide groups is 1. The summed E-state index contributed by atoms with van der Waals surface area (Å²) in [4.78, 5) is 37.0. The Kier molecular flexibility index (Phi) is 4.84. The summed E-state index contributed by atoms with van der Waals surface area (Å²) in [6.07, 6.45) is 0. The van der Waals surface area contributed by atoms with Crippen molar-refractivity contribution < 1.29 is 14.2 Å². The predicted octanol–water partition coefficient (Wildman–Crippen LogP) is 0.760. The van der Waals surface area contributed by atoms with E-state index in [0.29, 0.717) is 17.4 Å². The fourth-order valence-corrected chi connectivity index (χ4v) is 4.01. The van der Waals surface area contributed by atoms with Crippen LogP contribution in [0.2, 0.25) is 5.02 Å². The number of nitrogens with zero attached hydrogens (tertiary/aromatic N) is 6. The van der Waals surface area contributed by atoms with Crippen molar-refractivity contribution in [1.29, 1.82) is 0 Å². The highest BCUT2D eigenvalue weighted by molar-refractivity contribution is 6.31. The number of guanidine groups is 1. The maximum absolute atomic E-state index is 13.0. The molecule has 3 heterocycles. The highest BCUT2D eigenvalue weighted by Crippen LogP contribution is 2.27. The van der Waals surface area contributed by atoms with E-state index in [1.54, 1.807) is 7.05 Å². The SMILES string of the molecule is CN1CC[N+](=C2N=C3C(C(=O)N(C)C(=O)N3C)N2Cc2ccccc2Cl)CC1. The standard InChI is InChI=1S/C19H24ClN6O2/c1-22-8-10-25(11-9-22)18-21-16-15(17(27)24(3)19(28)23(16)2)26(18)12-13-6-4-5-7-14(13)20/h4-7,15H,8-12H2,1-3H3/q+1. The average molecular weight is 404 g/mol. The number of hydrogen-bond acceptors (Lipinski definition) is 3. The zero-order valence-electron chi connectivity index (χ0n) is 16.3. The molecule has 0 aliphatic carbocycles. The molecule has 3 aliphatic heterocycles. The molecule has 8 nitrogen and oxygen atoms in total. The van der Waals surface area contributed by atoms with Crippen LogP contribution in [-0.2, 0) is 11.3 Å². The normalized spacial score (nSPS) is 23.5. The summed E-state index contributed by atoms with van der Waals surface area (Å²) in [7, 11) is 5.27. The number of rotatable bonds is 2. The fraction of sp³-hybridized carbons (Fsp3) is 0.474. The van der Waals surface area contributed by atoms with Crippen LogP contribution in [0.5, 0.6) is 0 Å². The van der Waals surface area contributed by atoms with Crippen molar-refractivity contribution in [1.82, 2.24) is 19.6 Å². The number of carbonyl (C=O) groups excluding carboxylic acids is 2. The van der Waals surface area contributed by atoms with Gasteiger partial charge in [-0.2, -0.15) is 0 Å². The van der Waals surface area contributed by atoms with Crippen molar-refractivity contribution in [2.24, 2.45) is 4.99 Å². The molecule has 2 saturated heterocycles. The van der Waals surface area contributed by atoms with Crippen molar-refractivity contribution in [2.75, 3.05) is 47.3 Å². The molecule has 148 valence electrons. The molecule has 0 aromatic heterocycles. The average Bonchev–Trinajstić information content (AvgIpc) is 3.06. The molecule has 3 amide bonds. The first-order valence-corrected chi connectivity index (χ1v) is 9.70. The van der Waals surface area contributed by atoms with E-state index >= 15 is 0 Å². The van der Waals surface area contributed by atoms with Crippen molar-refractivity contribution in [3.05, 3.63) is 34.9 Å². The van der Waals surface area contributed by atoms with Crippen LogP contribution in [0, 0.1) is 0 Å². The van der Waals surface area contributed by atoms with Gasteiger partial charge in [0.05, 0.1) is 19.6 Å². The number of halogens is 1. The van der Waals surface area contributed by atoms with Crippen LogP contribution in [0.25, 0.3) is 0 Å². The van der Waals surface area contributed by atoms with Gasteiger partial charge in [0.25, 0.3) is 5.91 Å². The number of amides is 3. The molecule has 4 rings (SSSR count). The van der Waals surface area contributed by atoms with E-state index in [4.69, 9.17) is 16.6 Å². The number of fused-ring (bicyclic) bond motifs is 1. The number of hydrogen-bond donors (Lipinski definition) is 0. The monoisotopic (exact) mass is 403 g/mol. The first-order chi connectivity index (χ1) is 13.4. The van der Waals surface area contributed by atoms with Crippen LogP contribution in [0.1, 0.15) is 5.56 Å². The number of aliphatic imine (C=N–C) groups is 1. The van der Waals surface area contributed by atoms with Gasteiger partial charge in [0.15, 0.2) is 0 Å². The first kappa shape index (κ1) is 18.9. The zero-order chi connectivity index (χ0) is 20.0. The van der Waals surface area contributed by atoms with E-state index in [1.807, 2.05) is 29.2 Å². The van der Waals surface area contributed by atoms with Gasteiger partial charge in [-0.1, -0.05) is 34.8 Å². The van der Waals surface area contributed by atoms with Gasteiger partial charge in [0.2, 0.25) is 11.9 Å². The largest absolute Gasteiger partial charge is 0.392 e. The van der Waals surface area contributed by atoms with Crippen LogP contribution in [0.3, 0.4) is 0 Å². The Hall–Kier alpha value is -2.45. The lowest BCUT2D eigenvalue weighted by Crippen LogP contribution is -2.62. The molecule has 1 unspecified atom stereocenters. The van der Waals surface area contributed by atoms with Crippen LogP contribution >= 0.6 is 11.6 Å². The third-order valence-electron chi connectivity index (χ3n) is 5.59. The van der Waals surface area contributed by atoms with Crippen LogP contribution in [-0.4, -0.2) is 101 Å². The van der Waals surface area contributed by atoms with Crippen molar-refractivity contribution in [3.63, 3.8) is 0 Å². The number of piperazine rings is 1. The molecule has 9 heteroatoms. The van der Waals surface area contributed by atoms with Gasteiger partial charge in [-0.15, -0.1) is 0 Å². The molecule has 0 bridgehead atoms. The van der Waals surface area contributed by atoms with Crippen molar-refractivity contribution in [2.45, 2.75) is 12.6 Å². The van der Waals surface area contributed by atoms with E-state index in [1.165, 1.54) is 11.9 Å². The molecule has 1 aromatic rings. The number of benzene rings is 1. The van der Waals surface area contributed by atoms with Gasteiger partial charge in [0, 0.05) is 37.8 Å². The molecular weight excluding hydrogens is 380 g/mol. The number of amidine groups is 1. The van der Waals surface area contributed by atoms with Crippen LogP contribution in [0.4, 0.5) is 4.79 Å². The first-order valence-electron chi connectivity index (χ1n) is 9.33. The predicted molar refractivity (Wildman–Crippen MR) is 107 cm³/mol. The molecule has 3 aliphatic rings. The summed E-state index contributed by atoms with van der Waals surface area (Å²) < 4.78 is 2.19. The molecule has 0 spiro atoms. The second-order valence-electron chi connectivity index (χ2n) is 7.42. The van der Waals surface area contributed by atoms with Gasteiger partial charge < -0.3 is 4.90 Å². The van der Waals surface area contributed by atoms with E-state index in [2.05, 4.69) is 16.5 Å².